The van der Waals surface area contributed by atoms with Gasteiger partial charge in [0, 0.05) is 0 Å². The number of aliphatic hydroxyl groups excluding tert-OH is 3. The minimum Gasteiger partial charge on any atom is -0.394 e. The summed E-state index contributed by atoms with van der Waals surface area (Å²) < 4.78 is 0. The van der Waals surface area contributed by atoms with Crippen molar-refractivity contribution >= 4 is 5.91 Å². The summed E-state index contributed by atoms with van der Waals surface area (Å²) >= 11 is 0. The number of amides is 1. The third kappa shape index (κ3) is 42.5. The minimum absolute atomic E-state index is 0.362. The molecular formula is C52H99NO4. The second kappa shape index (κ2) is 47.3. The maximum absolute atomic E-state index is 12.5. The van der Waals surface area contributed by atoms with Crippen LogP contribution in [0.1, 0.15) is 264 Å². The molecule has 0 aliphatic rings. The Morgan fingerprint density at radius 3 is 1.11 bits per heavy atom. The van der Waals surface area contributed by atoms with Gasteiger partial charge in [-0.2, -0.15) is 0 Å². The summed E-state index contributed by atoms with van der Waals surface area (Å²) in [5, 5.41) is 33.1. The zero-order valence-corrected chi connectivity index (χ0v) is 38.2. The third-order valence-electron chi connectivity index (χ3n) is 11.7. The Labute approximate surface area is 355 Å². The van der Waals surface area contributed by atoms with E-state index in [9.17, 15) is 20.1 Å². The van der Waals surface area contributed by atoms with E-state index in [0.717, 1.165) is 38.5 Å². The second-order valence-corrected chi connectivity index (χ2v) is 17.4. The summed E-state index contributed by atoms with van der Waals surface area (Å²) in [5.41, 5.74) is 0. The Morgan fingerprint density at radius 2 is 0.754 bits per heavy atom. The van der Waals surface area contributed by atoms with Crippen LogP contribution in [0.15, 0.2) is 36.5 Å². The molecule has 3 atom stereocenters. The normalized spacial score (nSPS) is 13.7. The average molecular weight is 802 g/mol. The van der Waals surface area contributed by atoms with E-state index < -0.39 is 24.2 Å². The number of hydrogen-bond acceptors (Lipinski definition) is 4. The molecule has 0 aromatic rings. The lowest BCUT2D eigenvalue weighted by Gasteiger charge is -2.21. The highest BCUT2D eigenvalue weighted by Gasteiger charge is 2.22. The van der Waals surface area contributed by atoms with Crippen LogP contribution in [0.2, 0.25) is 0 Å². The van der Waals surface area contributed by atoms with E-state index in [1.807, 2.05) is 6.08 Å². The second-order valence-electron chi connectivity index (χ2n) is 17.4. The van der Waals surface area contributed by atoms with Gasteiger partial charge >= 0.3 is 0 Å². The summed E-state index contributed by atoms with van der Waals surface area (Å²) in [6.07, 6.45) is 60.7. The van der Waals surface area contributed by atoms with E-state index >= 15 is 0 Å². The van der Waals surface area contributed by atoms with Crippen LogP contribution in [0.5, 0.6) is 0 Å². The van der Waals surface area contributed by atoms with Crippen molar-refractivity contribution in [3.8, 4) is 0 Å². The van der Waals surface area contributed by atoms with Gasteiger partial charge in [0.25, 0.3) is 0 Å². The highest BCUT2D eigenvalue weighted by atomic mass is 16.3. The Kier molecular flexibility index (Phi) is 46.1. The molecule has 0 radical (unpaired) electrons. The molecule has 0 saturated heterocycles. The van der Waals surface area contributed by atoms with Crippen molar-refractivity contribution in [1.82, 2.24) is 5.32 Å². The standard InChI is InChI=1S/C52H99NO4/c1-3-5-7-9-11-13-15-16-17-18-19-20-21-22-23-24-25-26-27-28-29-30-31-32-33-34-35-37-39-41-43-45-47-51(56)52(57)53-49(48-54)50(55)46-44-42-40-38-36-14-12-10-8-6-4-2/h19-20,22-23,44,46,49-51,54-56H,3-18,21,24-43,45,47-48H2,1-2H3,(H,53,57)/b20-19-,23-22-,46-44+. The number of allylic oxidation sites excluding steroid dienone is 5. The molecule has 0 aliphatic carbocycles. The van der Waals surface area contributed by atoms with E-state index in [1.54, 1.807) is 6.08 Å². The maximum Gasteiger partial charge on any atom is 0.249 e. The molecule has 0 rings (SSSR count). The predicted octanol–water partition coefficient (Wildman–Crippen LogP) is 15.1. The van der Waals surface area contributed by atoms with Gasteiger partial charge in [-0.25, -0.2) is 0 Å². The van der Waals surface area contributed by atoms with Crippen molar-refractivity contribution in [2.24, 2.45) is 0 Å². The van der Waals surface area contributed by atoms with Crippen molar-refractivity contribution < 1.29 is 20.1 Å². The molecular weight excluding hydrogens is 703 g/mol. The van der Waals surface area contributed by atoms with Gasteiger partial charge in [0.2, 0.25) is 5.91 Å². The Hall–Kier alpha value is -1.43. The number of aliphatic hydroxyl groups is 3. The number of nitrogens with one attached hydrogen (secondary N) is 1. The monoisotopic (exact) mass is 802 g/mol. The first-order valence-corrected chi connectivity index (χ1v) is 25.3. The zero-order valence-electron chi connectivity index (χ0n) is 38.2. The fourth-order valence-electron chi connectivity index (χ4n) is 7.75. The number of carbonyl (C=O) groups excluding carboxylic acids is 1. The Morgan fingerprint density at radius 1 is 0.439 bits per heavy atom. The first kappa shape index (κ1) is 55.6. The largest absolute Gasteiger partial charge is 0.394 e. The van der Waals surface area contributed by atoms with Gasteiger partial charge in [0.1, 0.15) is 6.10 Å². The lowest BCUT2D eigenvalue weighted by molar-refractivity contribution is -0.131. The first-order chi connectivity index (χ1) is 28.1. The molecule has 57 heavy (non-hydrogen) atoms. The van der Waals surface area contributed by atoms with Crippen LogP contribution in [0.4, 0.5) is 0 Å². The van der Waals surface area contributed by atoms with Crippen molar-refractivity contribution in [3.63, 3.8) is 0 Å². The molecule has 1 amide bonds. The fraction of sp³-hybridized carbons (Fsp3) is 0.865. The van der Waals surface area contributed by atoms with Crippen LogP contribution in [0.25, 0.3) is 0 Å². The van der Waals surface area contributed by atoms with E-state index in [4.69, 9.17) is 0 Å². The molecule has 0 fully saturated rings. The number of unbranched alkanes of at least 4 members (excludes halogenated alkanes) is 34. The number of hydrogen-bond donors (Lipinski definition) is 4. The predicted molar refractivity (Wildman–Crippen MR) is 250 cm³/mol. The average Bonchev–Trinajstić information content (AvgIpc) is 3.22. The molecule has 3 unspecified atom stereocenters. The minimum atomic E-state index is -1.10. The van der Waals surface area contributed by atoms with Crippen LogP contribution < -0.4 is 5.32 Å². The van der Waals surface area contributed by atoms with Crippen LogP contribution in [-0.4, -0.2) is 46.1 Å². The summed E-state index contributed by atoms with van der Waals surface area (Å²) in [7, 11) is 0. The summed E-state index contributed by atoms with van der Waals surface area (Å²) in [6.45, 7) is 4.17. The lowest BCUT2D eigenvalue weighted by atomic mass is 10.0. The van der Waals surface area contributed by atoms with Crippen LogP contribution in [-0.2, 0) is 4.79 Å². The van der Waals surface area contributed by atoms with Crippen molar-refractivity contribution in [2.45, 2.75) is 283 Å². The molecule has 0 spiro atoms. The quantitative estimate of drug-likeness (QED) is 0.0365. The molecule has 0 aromatic heterocycles. The Balaban J connectivity index is 3.52. The summed E-state index contributed by atoms with van der Waals surface area (Å²) in [5.74, 6) is -0.503. The van der Waals surface area contributed by atoms with Gasteiger partial charge in [-0.15, -0.1) is 0 Å². The van der Waals surface area contributed by atoms with Crippen LogP contribution in [0, 0.1) is 0 Å². The number of carbonyl (C=O) groups is 1. The molecule has 5 nitrogen and oxygen atoms in total. The van der Waals surface area contributed by atoms with Gasteiger partial charge < -0.3 is 20.6 Å². The molecule has 4 N–H and O–H groups in total. The van der Waals surface area contributed by atoms with E-state index in [0.29, 0.717) is 6.42 Å². The smallest absolute Gasteiger partial charge is 0.249 e. The van der Waals surface area contributed by atoms with Crippen molar-refractivity contribution in [1.29, 1.82) is 0 Å². The van der Waals surface area contributed by atoms with Gasteiger partial charge in [-0.05, 0) is 51.4 Å². The Bertz CT molecular complexity index is 885. The molecule has 0 bridgehead atoms. The van der Waals surface area contributed by atoms with Gasteiger partial charge in [-0.3, -0.25) is 4.79 Å². The lowest BCUT2D eigenvalue weighted by Crippen LogP contribution is -2.48. The van der Waals surface area contributed by atoms with Crippen molar-refractivity contribution in [3.05, 3.63) is 36.5 Å². The fourth-order valence-corrected chi connectivity index (χ4v) is 7.75. The van der Waals surface area contributed by atoms with E-state index in [1.165, 1.54) is 205 Å². The molecule has 336 valence electrons. The van der Waals surface area contributed by atoms with E-state index in [2.05, 4.69) is 43.5 Å². The summed E-state index contributed by atoms with van der Waals surface area (Å²) in [6, 6.07) is -0.795. The van der Waals surface area contributed by atoms with Crippen LogP contribution >= 0.6 is 0 Å². The van der Waals surface area contributed by atoms with Gasteiger partial charge in [0.15, 0.2) is 0 Å². The maximum atomic E-state index is 12.5. The summed E-state index contributed by atoms with van der Waals surface area (Å²) in [4.78, 5) is 12.5. The first-order valence-electron chi connectivity index (χ1n) is 25.3. The van der Waals surface area contributed by atoms with Gasteiger partial charge in [-0.1, -0.05) is 249 Å². The molecule has 5 heteroatoms. The molecule has 0 saturated carbocycles. The van der Waals surface area contributed by atoms with Crippen molar-refractivity contribution in [2.75, 3.05) is 6.61 Å². The molecule has 0 aromatic carbocycles. The highest BCUT2D eigenvalue weighted by molar-refractivity contribution is 5.80. The SMILES string of the molecule is CCCCCCCCCCC/C=C\C/C=C\CCCCCCCCCCCCCCCCCCC(O)C(=O)NC(CO)C(O)/C=C/CCCCCCCCCCC. The molecule has 0 heterocycles. The topological polar surface area (TPSA) is 89.8 Å². The molecule has 0 aliphatic heterocycles. The van der Waals surface area contributed by atoms with Crippen LogP contribution in [0.3, 0.4) is 0 Å². The van der Waals surface area contributed by atoms with E-state index in [-0.39, 0.29) is 6.61 Å². The highest BCUT2D eigenvalue weighted by Crippen LogP contribution is 2.16. The third-order valence-corrected chi connectivity index (χ3v) is 11.7. The zero-order chi connectivity index (χ0) is 41.5. The van der Waals surface area contributed by atoms with Gasteiger partial charge in [0.05, 0.1) is 18.8 Å². The number of rotatable bonds is 46.